The van der Waals surface area contributed by atoms with Crippen molar-refractivity contribution in [1.82, 2.24) is 4.90 Å². The topological polar surface area (TPSA) is 86.7 Å². The van der Waals surface area contributed by atoms with Crippen LogP contribution in [0.5, 0.6) is 0 Å². The third kappa shape index (κ3) is 8.40. The monoisotopic (exact) mass is 526 g/mol. The van der Waals surface area contributed by atoms with Gasteiger partial charge in [0.2, 0.25) is 11.8 Å². The lowest BCUT2D eigenvalue weighted by molar-refractivity contribution is -0.141. The van der Waals surface area contributed by atoms with Gasteiger partial charge in [-0.1, -0.05) is 83.9 Å². The number of carbonyl (C=O) groups is 3. The van der Waals surface area contributed by atoms with Crippen LogP contribution in [0.15, 0.2) is 78.9 Å². The standard InChI is InChI=1S/C28H28Cl2N2O4/c29-24-13-11-22(19-25(24)30)31-27(35)23(12-14-26(33)34)28(36)32(17-15-20-7-3-1-4-8-20)18-16-21-9-5-2-6-10-21/h1-11,13,19,23H,12,14-18H2,(H,31,35)(H,33,34). The molecule has 3 aromatic carbocycles. The number of aliphatic carboxylic acids is 1. The zero-order valence-corrected chi connectivity index (χ0v) is 21.2. The number of carbonyl (C=O) groups excluding carboxylic acids is 2. The summed E-state index contributed by atoms with van der Waals surface area (Å²) < 4.78 is 0. The first kappa shape index (κ1) is 27.2. The molecule has 0 aromatic heterocycles. The first-order valence-electron chi connectivity index (χ1n) is 11.7. The second kappa shape index (κ2) is 13.7. The van der Waals surface area contributed by atoms with Gasteiger partial charge in [0.1, 0.15) is 5.92 Å². The van der Waals surface area contributed by atoms with E-state index in [0.29, 0.717) is 36.6 Å². The summed E-state index contributed by atoms with van der Waals surface area (Å²) >= 11 is 12.0. The summed E-state index contributed by atoms with van der Waals surface area (Å²) in [5, 5.41) is 12.5. The number of amides is 2. The minimum absolute atomic E-state index is 0.117. The summed E-state index contributed by atoms with van der Waals surface area (Å²) in [6.45, 7) is 0.804. The van der Waals surface area contributed by atoms with E-state index in [1.54, 1.807) is 17.0 Å². The maximum atomic E-state index is 13.7. The van der Waals surface area contributed by atoms with E-state index in [-0.39, 0.29) is 17.9 Å². The molecule has 0 aliphatic heterocycles. The number of nitrogens with zero attached hydrogens (tertiary/aromatic N) is 1. The number of carboxylic acids is 1. The lowest BCUT2D eigenvalue weighted by atomic mass is 9.99. The van der Waals surface area contributed by atoms with Gasteiger partial charge in [0.25, 0.3) is 0 Å². The Morgan fingerprint density at radius 2 is 1.36 bits per heavy atom. The van der Waals surface area contributed by atoms with Crippen LogP contribution in [0, 0.1) is 5.92 Å². The lowest BCUT2D eigenvalue weighted by Crippen LogP contribution is -2.43. The van der Waals surface area contributed by atoms with E-state index in [1.807, 2.05) is 60.7 Å². The van der Waals surface area contributed by atoms with Crippen LogP contribution in [0.25, 0.3) is 0 Å². The first-order chi connectivity index (χ1) is 17.3. The van der Waals surface area contributed by atoms with E-state index >= 15 is 0 Å². The maximum absolute atomic E-state index is 13.7. The largest absolute Gasteiger partial charge is 0.481 e. The molecule has 1 unspecified atom stereocenters. The molecule has 0 saturated heterocycles. The van der Waals surface area contributed by atoms with E-state index in [0.717, 1.165) is 11.1 Å². The molecular formula is C28H28Cl2N2O4. The van der Waals surface area contributed by atoms with Gasteiger partial charge in [-0.05, 0) is 48.6 Å². The van der Waals surface area contributed by atoms with E-state index in [2.05, 4.69) is 5.32 Å². The average molecular weight is 527 g/mol. The molecule has 3 rings (SSSR count). The third-order valence-corrected chi connectivity index (χ3v) is 6.53. The van der Waals surface area contributed by atoms with Gasteiger partial charge in [-0.2, -0.15) is 0 Å². The highest BCUT2D eigenvalue weighted by Crippen LogP contribution is 2.26. The zero-order chi connectivity index (χ0) is 25.9. The average Bonchev–Trinajstić information content (AvgIpc) is 2.87. The van der Waals surface area contributed by atoms with Crippen molar-refractivity contribution in [3.8, 4) is 0 Å². The molecule has 36 heavy (non-hydrogen) atoms. The summed E-state index contributed by atoms with van der Waals surface area (Å²) in [7, 11) is 0. The number of hydrogen-bond donors (Lipinski definition) is 2. The Balaban J connectivity index is 1.80. The lowest BCUT2D eigenvalue weighted by Gasteiger charge is -2.27. The molecule has 0 radical (unpaired) electrons. The van der Waals surface area contributed by atoms with Gasteiger partial charge in [-0.25, -0.2) is 0 Å². The number of rotatable bonds is 12. The molecule has 3 aromatic rings. The van der Waals surface area contributed by atoms with Crippen molar-refractivity contribution >= 4 is 46.7 Å². The van der Waals surface area contributed by atoms with E-state index < -0.39 is 23.7 Å². The summed E-state index contributed by atoms with van der Waals surface area (Å²) in [6, 6.07) is 24.1. The Hall–Kier alpha value is -3.35. The van der Waals surface area contributed by atoms with Crippen molar-refractivity contribution in [3.05, 3.63) is 100 Å². The number of hydrogen-bond acceptors (Lipinski definition) is 3. The maximum Gasteiger partial charge on any atom is 0.303 e. The van der Waals surface area contributed by atoms with Crippen LogP contribution in [0.2, 0.25) is 10.0 Å². The Kier molecular flexibility index (Phi) is 10.3. The number of halogens is 2. The summed E-state index contributed by atoms with van der Waals surface area (Å²) in [5.74, 6) is -3.22. The Bertz CT molecular complexity index is 1130. The van der Waals surface area contributed by atoms with E-state index in [4.69, 9.17) is 23.2 Å². The molecule has 0 saturated carbocycles. The molecule has 0 aliphatic carbocycles. The molecular weight excluding hydrogens is 499 g/mol. The quantitative estimate of drug-likeness (QED) is 0.295. The van der Waals surface area contributed by atoms with Crippen molar-refractivity contribution in [2.45, 2.75) is 25.7 Å². The van der Waals surface area contributed by atoms with Crippen molar-refractivity contribution in [2.24, 2.45) is 5.92 Å². The Morgan fingerprint density at radius 3 is 1.86 bits per heavy atom. The molecule has 0 spiro atoms. The molecule has 2 amide bonds. The molecule has 0 bridgehead atoms. The number of anilines is 1. The van der Waals surface area contributed by atoms with Crippen LogP contribution in [-0.2, 0) is 27.2 Å². The van der Waals surface area contributed by atoms with Crippen LogP contribution in [0.3, 0.4) is 0 Å². The minimum Gasteiger partial charge on any atom is -0.481 e. The first-order valence-corrected chi connectivity index (χ1v) is 12.4. The molecule has 8 heteroatoms. The fraction of sp³-hybridized carbons (Fsp3) is 0.250. The molecule has 2 N–H and O–H groups in total. The number of carboxylic acid groups (broad SMARTS) is 1. The number of nitrogens with one attached hydrogen (secondary N) is 1. The fourth-order valence-corrected chi connectivity index (χ4v) is 4.11. The molecule has 0 fully saturated rings. The minimum atomic E-state index is -1.16. The fourth-order valence-electron chi connectivity index (χ4n) is 3.81. The smallest absolute Gasteiger partial charge is 0.303 e. The van der Waals surface area contributed by atoms with Crippen LogP contribution in [0.4, 0.5) is 5.69 Å². The van der Waals surface area contributed by atoms with Gasteiger partial charge in [0.05, 0.1) is 10.0 Å². The molecule has 188 valence electrons. The summed E-state index contributed by atoms with van der Waals surface area (Å²) in [5.41, 5.74) is 2.51. The predicted octanol–water partition coefficient (Wildman–Crippen LogP) is 5.73. The van der Waals surface area contributed by atoms with Gasteiger partial charge in [-0.15, -0.1) is 0 Å². The van der Waals surface area contributed by atoms with Crippen molar-refractivity contribution in [2.75, 3.05) is 18.4 Å². The van der Waals surface area contributed by atoms with Crippen LogP contribution >= 0.6 is 23.2 Å². The van der Waals surface area contributed by atoms with Crippen LogP contribution < -0.4 is 5.32 Å². The van der Waals surface area contributed by atoms with Gasteiger partial charge in [0, 0.05) is 25.2 Å². The van der Waals surface area contributed by atoms with Gasteiger partial charge in [-0.3, -0.25) is 14.4 Å². The highest BCUT2D eigenvalue weighted by molar-refractivity contribution is 6.42. The molecule has 0 heterocycles. The second-order valence-electron chi connectivity index (χ2n) is 8.40. The van der Waals surface area contributed by atoms with Crippen molar-refractivity contribution in [3.63, 3.8) is 0 Å². The molecule has 0 aliphatic rings. The normalized spacial score (nSPS) is 11.5. The van der Waals surface area contributed by atoms with Crippen molar-refractivity contribution in [1.29, 1.82) is 0 Å². The van der Waals surface area contributed by atoms with E-state index in [1.165, 1.54) is 6.07 Å². The van der Waals surface area contributed by atoms with Gasteiger partial charge >= 0.3 is 5.97 Å². The van der Waals surface area contributed by atoms with Crippen molar-refractivity contribution < 1.29 is 19.5 Å². The highest BCUT2D eigenvalue weighted by atomic mass is 35.5. The van der Waals surface area contributed by atoms with Crippen LogP contribution in [0.1, 0.15) is 24.0 Å². The summed E-state index contributed by atoms with van der Waals surface area (Å²) in [4.78, 5) is 39.8. The van der Waals surface area contributed by atoms with E-state index in [9.17, 15) is 19.5 Å². The molecule has 1 atom stereocenters. The Morgan fingerprint density at radius 1 is 0.806 bits per heavy atom. The SMILES string of the molecule is O=C(O)CCC(C(=O)Nc1ccc(Cl)c(Cl)c1)C(=O)N(CCc1ccccc1)CCc1ccccc1. The van der Waals surface area contributed by atoms with Crippen LogP contribution in [-0.4, -0.2) is 40.9 Å². The second-order valence-corrected chi connectivity index (χ2v) is 9.21. The molecule has 6 nitrogen and oxygen atoms in total. The zero-order valence-electron chi connectivity index (χ0n) is 19.7. The van der Waals surface area contributed by atoms with Gasteiger partial charge < -0.3 is 15.3 Å². The third-order valence-electron chi connectivity index (χ3n) is 5.79. The predicted molar refractivity (Wildman–Crippen MR) is 142 cm³/mol. The highest BCUT2D eigenvalue weighted by Gasteiger charge is 2.31. The Labute approximate surface area is 220 Å². The summed E-state index contributed by atoms with van der Waals surface area (Å²) in [6.07, 6.45) is 0.799. The van der Waals surface area contributed by atoms with Gasteiger partial charge in [0.15, 0.2) is 0 Å². The number of benzene rings is 3.